The Bertz CT molecular complexity index is 937. The number of fused-ring (bicyclic) bond motifs is 4. The lowest BCUT2D eigenvalue weighted by Crippen LogP contribution is -2.30. The van der Waals surface area contributed by atoms with Gasteiger partial charge in [-0.3, -0.25) is 4.79 Å². The summed E-state index contributed by atoms with van der Waals surface area (Å²) in [6.07, 6.45) is 3.60. The van der Waals surface area contributed by atoms with E-state index in [2.05, 4.69) is 20.7 Å². The zero-order valence-corrected chi connectivity index (χ0v) is 13.7. The van der Waals surface area contributed by atoms with E-state index in [1.807, 2.05) is 18.3 Å². The molecule has 0 saturated carbocycles. The lowest BCUT2D eigenvalue weighted by atomic mass is 10.1. The lowest BCUT2D eigenvalue weighted by Gasteiger charge is -2.12. The average molecular weight is 339 g/mol. The fourth-order valence-corrected chi connectivity index (χ4v) is 2.72. The van der Waals surface area contributed by atoms with Gasteiger partial charge in [0.2, 0.25) is 0 Å². The van der Waals surface area contributed by atoms with E-state index in [1.165, 1.54) is 7.11 Å². The van der Waals surface area contributed by atoms with Crippen LogP contribution in [0, 0.1) is 0 Å². The largest absolute Gasteiger partial charge is 0.493 e. The van der Waals surface area contributed by atoms with Crippen molar-refractivity contribution >= 4 is 17.4 Å². The quantitative estimate of drug-likeness (QED) is 0.510. The predicted octanol–water partition coefficient (Wildman–Crippen LogP) is 1.33. The Morgan fingerprint density at radius 2 is 2.20 bits per heavy atom. The molecule has 4 rings (SSSR count). The van der Waals surface area contributed by atoms with Crippen molar-refractivity contribution in [3.05, 3.63) is 36.7 Å². The summed E-state index contributed by atoms with van der Waals surface area (Å²) in [5.74, 6) is 1.25. The zero-order chi connectivity index (χ0) is 17.2. The van der Waals surface area contributed by atoms with Crippen molar-refractivity contribution in [3.63, 3.8) is 0 Å². The topological polar surface area (TPSA) is 89.8 Å². The van der Waals surface area contributed by atoms with Crippen molar-refractivity contribution in [1.82, 2.24) is 19.9 Å². The second-order valence-electron chi connectivity index (χ2n) is 5.58. The van der Waals surface area contributed by atoms with Crippen molar-refractivity contribution in [2.45, 2.75) is 0 Å². The number of hydrogen-bond acceptors (Lipinski definition) is 7. The molecule has 1 aliphatic heterocycles. The maximum Gasteiger partial charge on any atom is 0.325 e. The molecule has 0 unspecified atom stereocenters. The number of hydrogen-bond donors (Lipinski definition) is 2. The molecule has 1 aromatic carbocycles. The molecule has 8 heteroatoms. The van der Waals surface area contributed by atoms with Gasteiger partial charge < -0.3 is 20.1 Å². The van der Waals surface area contributed by atoms with Crippen molar-refractivity contribution in [2.75, 3.05) is 32.1 Å². The fraction of sp³-hybridized carbons (Fsp3) is 0.235. The highest BCUT2D eigenvalue weighted by Gasteiger charge is 2.15. The fourth-order valence-electron chi connectivity index (χ4n) is 2.72. The highest BCUT2D eigenvalue weighted by molar-refractivity contribution is 5.81. The first-order valence-electron chi connectivity index (χ1n) is 7.92. The molecule has 8 nitrogen and oxygen atoms in total. The van der Waals surface area contributed by atoms with Crippen molar-refractivity contribution in [2.24, 2.45) is 0 Å². The number of ether oxygens (including phenoxy) is 2. The van der Waals surface area contributed by atoms with E-state index in [0.29, 0.717) is 24.6 Å². The van der Waals surface area contributed by atoms with E-state index in [0.717, 1.165) is 22.6 Å². The van der Waals surface area contributed by atoms with Gasteiger partial charge in [0.1, 0.15) is 5.82 Å². The van der Waals surface area contributed by atoms with Gasteiger partial charge in [0.15, 0.2) is 17.1 Å². The average Bonchev–Trinajstić information content (AvgIpc) is 3.04. The Morgan fingerprint density at radius 1 is 1.28 bits per heavy atom. The molecule has 1 aliphatic rings. The Morgan fingerprint density at radius 3 is 3.08 bits per heavy atom. The standard InChI is InChI=1S/C17H17N5O3/c1-24-13-3-2-11-8-14(13)25-16(23)10-18-5-6-19-15-4-7-22-17(21-15)12(11)9-20-22/h2-4,7-9,18H,5-6,10H2,1H3,(H,19,21). The number of carbonyl (C=O) groups is 1. The van der Waals surface area contributed by atoms with Gasteiger partial charge in [-0.2, -0.15) is 5.10 Å². The molecule has 4 bridgehead atoms. The SMILES string of the molecule is COc1ccc2cc1OC(=O)CNCCNc1ccn3ncc-2c3n1. The number of nitrogens with zero attached hydrogens (tertiary/aromatic N) is 3. The number of rotatable bonds is 1. The molecule has 2 N–H and O–H groups in total. The van der Waals surface area contributed by atoms with E-state index in [1.54, 1.807) is 22.8 Å². The number of methoxy groups -OCH3 is 1. The van der Waals surface area contributed by atoms with Crippen molar-refractivity contribution in [3.8, 4) is 22.6 Å². The van der Waals surface area contributed by atoms with Crippen molar-refractivity contribution in [1.29, 1.82) is 0 Å². The van der Waals surface area contributed by atoms with Gasteiger partial charge in [-0.15, -0.1) is 0 Å². The van der Waals surface area contributed by atoms with Crippen LogP contribution in [0.1, 0.15) is 0 Å². The highest BCUT2D eigenvalue weighted by Crippen LogP contribution is 2.34. The number of carbonyl (C=O) groups excluding carboxylic acids is 1. The van der Waals surface area contributed by atoms with Crippen LogP contribution in [0.15, 0.2) is 36.7 Å². The Hall–Kier alpha value is -3.13. The third kappa shape index (κ3) is 2.99. The molecular formula is C17H17N5O3. The minimum Gasteiger partial charge on any atom is -0.493 e. The van der Waals surface area contributed by atoms with Gasteiger partial charge in [0.25, 0.3) is 0 Å². The van der Waals surface area contributed by atoms with E-state index < -0.39 is 0 Å². The van der Waals surface area contributed by atoms with Crippen LogP contribution in [0.3, 0.4) is 0 Å². The van der Waals surface area contributed by atoms with Crippen LogP contribution in [0.25, 0.3) is 16.8 Å². The van der Waals surface area contributed by atoms with E-state index in [9.17, 15) is 4.79 Å². The van der Waals surface area contributed by atoms with E-state index in [-0.39, 0.29) is 12.5 Å². The predicted molar refractivity (Wildman–Crippen MR) is 92.0 cm³/mol. The molecule has 3 heterocycles. The summed E-state index contributed by atoms with van der Waals surface area (Å²) in [4.78, 5) is 16.7. The summed E-state index contributed by atoms with van der Waals surface area (Å²) in [5.41, 5.74) is 2.41. The molecule has 3 aromatic rings. The number of nitrogens with one attached hydrogen (secondary N) is 2. The number of aromatic nitrogens is 3. The van der Waals surface area contributed by atoms with Crippen LogP contribution in [0.5, 0.6) is 11.5 Å². The lowest BCUT2D eigenvalue weighted by molar-refractivity contribution is -0.133. The number of esters is 1. The molecule has 0 saturated heterocycles. The highest BCUT2D eigenvalue weighted by atomic mass is 16.6. The minimum absolute atomic E-state index is 0.112. The molecule has 0 aliphatic carbocycles. The molecule has 25 heavy (non-hydrogen) atoms. The monoisotopic (exact) mass is 339 g/mol. The molecule has 0 spiro atoms. The Kier molecular flexibility index (Phi) is 3.95. The van der Waals surface area contributed by atoms with E-state index >= 15 is 0 Å². The Labute approximate surface area is 143 Å². The third-order valence-corrected chi connectivity index (χ3v) is 3.94. The summed E-state index contributed by atoms with van der Waals surface area (Å²) in [6.45, 7) is 1.35. The van der Waals surface area contributed by atoms with Crippen LogP contribution >= 0.6 is 0 Å². The normalized spacial score (nSPS) is 14.7. The first-order valence-corrected chi connectivity index (χ1v) is 7.92. The number of anilines is 1. The third-order valence-electron chi connectivity index (χ3n) is 3.94. The minimum atomic E-state index is -0.371. The molecule has 0 radical (unpaired) electrons. The molecule has 2 aromatic heterocycles. The summed E-state index contributed by atoms with van der Waals surface area (Å²) >= 11 is 0. The summed E-state index contributed by atoms with van der Waals surface area (Å²) < 4.78 is 12.5. The van der Waals surface area contributed by atoms with Gasteiger partial charge in [-0.25, -0.2) is 9.50 Å². The van der Waals surface area contributed by atoms with Crippen LogP contribution in [-0.2, 0) is 4.79 Å². The Balaban J connectivity index is 1.87. The van der Waals surface area contributed by atoms with Crippen LogP contribution in [-0.4, -0.2) is 47.3 Å². The summed E-state index contributed by atoms with van der Waals surface area (Å²) in [6, 6.07) is 7.28. The van der Waals surface area contributed by atoms with Crippen LogP contribution in [0.4, 0.5) is 5.82 Å². The molecular weight excluding hydrogens is 322 g/mol. The van der Waals surface area contributed by atoms with Gasteiger partial charge in [-0.05, 0) is 23.8 Å². The maximum absolute atomic E-state index is 12.0. The molecule has 0 amide bonds. The molecule has 0 atom stereocenters. The van der Waals surface area contributed by atoms with Crippen molar-refractivity contribution < 1.29 is 14.3 Å². The first-order chi connectivity index (χ1) is 12.2. The summed E-state index contributed by atoms with van der Waals surface area (Å²) in [7, 11) is 1.54. The van der Waals surface area contributed by atoms with E-state index in [4.69, 9.17) is 9.47 Å². The van der Waals surface area contributed by atoms with Crippen LogP contribution < -0.4 is 20.1 Å². The van der Waals surface area contributed by atoms with Gasteiger partial charge in [0.05, 0.1) is 19.9 Å². The number of benzene rings is 1. The smallest absolute Gasteiger partial charge is 0.325 e. The molecule has 128 valence electrons. The van der Waals surface area contributed by atoms with Gasteiger partial charge in [0, 0.05) is 24.8 Å². The second kappa shape index (κ2) is 6.40. The van der Waals surface area contributed by atoms with Gasteiger partial charge in [-0.1, -0.05) is 6.07 Å². The first kappa shape index (κ1) is 15.4. The van der Waals surface area contributed by atoms with Gasteiger partial charge >= 0.3 is 5.97 Å². The zero-order valence-electron chi connectivity index (χ0n) is 13.7. The van der Waals surface area contributed by atoms with Crippen LogP contribution in [0.2, 0.25) is 0 Å². The molecule has 0 fully saturated rings. The second-order valence-corrected chi connectivity index (χ2v) is 5.58. The maximum atomic E-state index is 12.0. The summed E-state index contributed by atoms with van der Waals surface area (Å²) in [5, 5.41) is 10.6.